The number of hydrogen-bond acceptors (Lipinski definition) is 3. The molecule has 1 fully saturated rings. The summed E-state index contributed by atoms with van der Waals surface area (Å²) in [6.45, 7) is 3.82. The number of hydrogen-bond donors (Lipinski definition) is 2. The molecule has 23 heavy (non-hydrogen) atoms. The van der Waals surface area contributed by atoms with Gasteiger partial charge < -0.3 is 10.6 Å². The van der Waals surface area contributed by atoms with Gasteiger partial charge in [0.05, 0.1) is 4.88 Å². The highest BCUT2D eigenvalue weighted by molar-refractivity contribution is 9.10. The van der Waals surface area contributed by atoms with E-state index in [1.807, 2.05) is 25.3 Å². The van der Waals surface area contributed by atoms with Crippen LogP contribution < -0.4 is 10.6 Å². The van der Waals surface area contributed by atoms with Crippen molar-refractivity contribution in [3.8, 4) is 0 Å². The summed E-state index contributed by atoms with van der Waals surface area (Å²) in [5, 5.41) is 7.77. The van der Waals surface area contributed by atoms with Crippen LogP contribution in [0.15, 0.2) is 28.1 Å². The maximum atomic E-state index is 12.4. The summed E-state index contributed by atoms with van der Waals surface area (Å²) >= 11 is 4.82. The fourth-order valence-electron chi connectivity index (χ4n) is 2.19. The van der Waals surface area contributed by atoms with Crippen LogP contribution in [-0.4, -0.2) is 17.9 Å². The van der Waals surface area contributed by atoms with E-state index < -0.39 is 0 Å². The van der Waals surface area contributed by atoms with Crippen LogP contribution in [0.5, 0.6) is 0 Å². The predicted molar refractivity (Wildman–Crippen MR) is 96.4 cm³/mol. The Bertz CT molecular complexity index is 781. The molecule has 1 aliphatic rings. The Morgan fingerprint density at radius 2 is 1.96 bits per heavy atom. The van der Waals surface area contributed by atoms with E-state index in [1.54, 1.807) is 12.1 Å². The van der Waals surface area contributed by atoms with Gasteiger partial charge in [-0.25, -0.2) is 0 Å². The Balaban J connectivity index is 1.80. The topological polar surface area (TPSA) is 58.2 Å². The number of carbonyl (C=O) groups excluding carboxylic acids is 2. The van der Waals surface area contributed by atoms with Gasteiger partial charge in [-0.1, -0.05) is 6.07 Å². The first-order valence-corrected chi connectivity index (χ1v) is 9.09. The minimum Gasteiger partial charge on any atom is -0.349 e. The predicted octanol–water partition coefficient (Wildman–Crippen LogP) is 4.27. The second kappa shape index (κ2) is 6.45. The zero-order valence-corrected chi connectivity index (χ0v) is 15.3. The zero-order chi connectivity index (χ0) is 16.6. The second-order valence-electron chi connectivity index (χ2n) is 5.77. The van der Waals surface area contributed by atoms with Gasteiger partial charge >= 0.3 is 0 Å². The minimum atomic E-state index is -0.152. The van der Waals surface area contributed by atoms with E-state index in [-0.39, 0.29) is 11.8 Å². The first-order valence-electron chi connectivity index (χ1n) is 7.42. The number of carbonyl (C=O) groups is 2. The molecular weight excluding hydrogens is 376 g/mol. The van der Waals surface area contributed by atoms with Crippen molar-refractivity contribution in [1.29, 1.82) is 0 Å². The van der Waals surface area contributed by atoms with Gasteiger partial charge in [0.2, 0.25) is 0 Å². The van der Waals surface area contributed by atoms with Crippen molar-refractivity contribution < 1.29 is 9.59 Å². The number of benzene rings is 1. The van der Waals surface area contributed by atoms with Gasteiger partial charge in [-0.15, -0.1) is 11.3 Å². The van der Waals surface area contributed by atoms with E-state index in [0.717, 1.165) is 28.4 Å². The lowest BCUT2D eigenvalue weighted by atomic mass is 10.1. The van der Waals surface area contributed by atoms with E-state index in [1.165, 1.54) is 11.3 Å². The lowest BCUT2D eigenvalue weighted by Gasteiger charge is -2.11. The van der Waals surface area contributed by atoms with Crippen molar-refractivity contribution >= 4 is 44.8 Å². The fraction of sp³-hybridized carbons (Fsp3) is 0.294. The van der Waals surface area contributed by atoms with Crippen molar-refractivity contribution in [3.63, 3.8) is 0 Å². The average molecular weight is 393 g/mol. The molecule has 1 aromatic carbocycles. The molecule has 2 N–H and O–H groups in total. The standard InChI is InChI=1S/C17H17BrN2O2S/c1-9-3-4-11(16(21)19-12-5-6-12)7-14(9)20-17(22)15-10(2)13(18)8-23-15/h3-4,7-8,12H,5-6H2,1-2H3,(H,19,21)(H,20,22). The van der Waals surface area contributed by atoms with E-state index in [9.17, 15) is 9.59 Å². The molecule has 3 rings (SSSR count). The third-order valence-corrected chi connectivity index (χ3v) is 6.05. The van der Waals surface area contributed by atoms with Crippen LogP contribution in [-0.2, 0) is 0 Å². The largest absolute Gasteiger partial charge is 0.349 e. The number of amides is 2. The summed E-state index contributed by atoms with van der Waals surface area (Å²) in [5.74, 6) is -0.237. The van der Waals surface area contributed by atoms with Crippen LogP contribution in [0.1, 0.15) is 44.0 Å². The summed E-state index contributed by atoms with van der Waals surface area (Å²) in [6.07, 6.45) is 2.10. The van der Waals surface area contributed by atoms with Crippen molar-refractivity contribution in [2.24, 2.45) is 0 Å². The monoisotopic (exact) mass is 392 g/mol. The minimum absolute atomic E-state index is 0.0851. The van der Waals surface area contributed by atoms with E-state index in [2.05, 4.69) is 26.6 Å². The lowest BCUT2D eigenvalue weighted by molar-refractivity contribution is 0.0949. The Morgan fingerprint density at radius 1 is 1.22 bits per heavy atom. The molecule has 0 spiro atoms. The Labute approximate surface area is 147 Å². The SMILES string of the molecule is Cc1ccc(C(=O)NC2CC2)cc1NC(=O)c1scc(Br)c1C. The van der Waals surface area contributed by atoms with Gasteiger partial charge in [0.15, 0.2) is 0 Å². The summed E-state index contributed by atoms with van der Waals surface area (Å²) in [4.78, 5) is 25.3. The second-order valence-corrected chi connectivity index (χ2v) is 7.50. The lowest BCUT2D eigenvalue weighted by Crippen LogP contribution is -2.25. The summed E-state index contributed by atoms with van der Waals surface area (Å²) in [7, 11) is 0. The Hall–Kier alpha value is -1.66. The van der Waals surface area contributed by atoms with Crippen LogP contribution in [0.3, 0.4) is 0 Å². The molecule has 1 heterocycles. The quantitative estimate of drug-likeness (QED) is 0.815. The molecule has 2 aromatic rings. The molecule has 1 saturated carbocycles. The van der Waals surface area contributed by atoms with E-state index in [4.69, 9.17) is 0 Å². The first kappa shape index (κ1) is 16.2. The molecule has 0 radical (unpaired) electrons. The third-order valence-electron chi connectivity index (χ3n) is 3.85. The number of anilines is 1. The molecule has 0 atom stereocenters. The van der Waals surface area contributed by atoms with Gasteiger partial charge in [0, 0.05) is 27.1 Å². The Kier molecular flexibility index (Phi) is 4.55. The van der Waals surface area contributed by atoms with Crippen LogP contribution >= 0.6 is 27.3 Å². The molecule has 0 bridgehead atoms. The van der Waals surface area contributed by atoms with Gasteiger partial charge in [-0.3, -0.25) is 9.59 Å². The molecule has 120 valence electrons. The number of nitrogens with one attached hydrogen (secondary N) is 2. The molecule has 1 aliphatic carbocycles. The average Bonchev–Trinajstić information content (AvgIpc) is 3.26. The van der Waals surface area contributed by atoms with Crippen molar-refractivity contribution in [2.45, 2.75) is 32.7 Å². The normalized spacial score (nSPS) is 13.7. The number of thiophene rings is 1. The van der Waals surface area contributed by atoms with Crippen LogP contribution in [0.2, 0.25) is 0 Å². The molecule has 1 aromatic heterocycles. The smallest absolute Gasteiger partial charge is 0.266 e. The van der Waals surface area contributed by atoms with E-state index >= 15 is 0 Å². The van der Waals surface area contributed by atoms with Crippen LogP contribution in [0.4, 0.5) is 5.69 Å². The van der Waals surface area contributed by atoms with E-state index in [0.29, 0.717) is 22.2 Å². The number of halogens is 1. The summed E-state index contributed by atoms with van der Waals surface area (Å²) in [5.41, 5.74) is 3.09. The third kappa shape index (κ3) is 3.64. The molecule has 0 aliphatic heterocycles. The highest BCUT2D eigenvalue weighted by atomic mass is 79.9. The molecule has 2 amide bonds. The number of aryl methyl sites for hydroxylation is 1. The van der Waals surface area contributed by atoms with Gasteiger partial charge in [-0.2, -0.15) is 0 Å². The molecule has 6 heteroatoms. The fourth-order valence-corrected chi connectivity index (χ4v) is 3.65. The van der Waals surface area contributed by atoms with Crippen molar-refractivity contribution in [2.75, 3.05) is 5.32 Å². The summed E-state index contributed by atoms with van der Waals surface area (Å²) < 4.78 is 0.932. The highest BCUT2D eigenvalue weighted by Crippen LogP contribution is 2.28. The van der Waals surface area contributed by atoms with Crippen molar-refractivity contribution in [1.82, 2.24) is 5.32 Å². The zero-order valence-electron chi connectivity index (χ0n) is 12.9. The molecular formula is C17H17BrN2O2S. The number of rotatable bonds is 4. The summed E-state index contributed by atoms with van der Waals surface area (Å²) in [6, 6.07) is 5.70. The van der Waals surface area contributed by atoms with Gasteiger partial charge in [-0.05, 0) is 65.9 Å². The van der Waals surface area contributed by atoms with Gasteiger partial charge in [0.1, 0.15) is 0 Å². The molecule has 0 unspecified atom stereocenters. The molecule has 0 saturated heterocycles. The van der Waals surface area contributed by atoms with Gasteiger partial charge in [0.25, 0.3) is 11.8 Å². The maximum absolute atomic E-state index is 12.4. The highest BCUT2D eigenvalue weighted by Gasteiger charge is 2.24. The van der Waals surface area contributed by atoms with Crippen molar-refractivity contribution in [3.05, 3.63) is 49.6 Å². The van der Waals surface area contributed by atoms with Crippen LogP contribution in [0.25, 0.3) is 0 Å². The Morgan fingerprint density at radius 3 is 2.57 bits per heavy atom. The van der Waals surface area contributed by atoms with Crippen LogP contribution in [0, 0.1) is 13.8 Å². The molecule has 4 nitrogen and oxygen atoms in total. The maximum Gasteiger partial charge on any atom is 0.266 e. The first-order chi connectivity index (χ1) is 11.0.